The molecule has 1 N–H and O–H groups in total. The molecule has 0 atom stereocenters. The lowest BCUT2D eigenvalue weighted by molar-refractivity contribution is 0.0970. The molecule has 1 saturated heterocycles. The summed E-state index contributed by atoms with van der Waals surface area (Å²) in [6.45, 7) is 5.00. The van der Waals surface area contributed by atoms with E-state index in [2.05, 4.69) is 10.2 Å². The maximum Gasteiger partial charge on any atom is 0.162 e. The number of fused-ring (bicyclic) bond motifs is 1. The van der Waals surface area contributed by atoms with Crippen LogP contribution in [0.25, 0.3) is 0 Å². The minimum atomic E-state index is -0.217. The molecule has 154 valence electrons. The van der Waals surface area contributed by atoms with Crippen LogP contribution >= 0.6 is 0 Å². The molecule has 4 nitrogen and oxygen atoms in total. The molecular formula is C24H29FN2O2. The number of benzene rings is 2. The first-order valence-electron chi connectivity index (χ1n) is 10.6. The molecule has 2 aromatic rings. The van der Waals surface area contributed by atoms with Gasteiger partial charge in [-0.05, 0) is 74.2 Å². The van der Waals surface area contributed by atoms with Gasteiger partial charge in [0.25, 0.3) is 0 Å². The highest BCUT2D eigenvalue weighted by Gasteiger charge is 2.19. The maximum absolute atomic E-state index is 13.2. The molecule has 1 fully saturated rings. The molecule has 0 aromatic heterocycles. The molecule has 0 radical (unpaired) electrons. The Labute approximate surface area is 172 Å². The fourth-order valence-electron chi connectivity index (χ4n) is 4.25. The van der Waals surface area contributed by atoms with Crippen molar-refractivity contribution in [1.29, 1.82) is 0 Å². The molecule has 2 aromatic carbocycles. The largest absolute Gasteiger partial charge is 0.492 e. The van der Waals surface area contributed by atoms with Crippen molar-refractivity contribution >= 4 is 5.78 Å². The number of ether oxygens (including phenoxy) is 1. The first-order valence-corrected chi connectivity index (χ1v) is 10.6. The second-order valence-electron chi connectivity index (χ2n) is 8.16. The zero-order valence-electron chi connectivity index (χ0n) is 16.8. The highest BCUT2D eigenvalue weighted by Crippen LogP contribution is 2.27. The molecule has 5 heteroatoms. The van der Waals surface area contributed by atoms with Gasteiger partial charge < -0.3 is 10.1 Å². The molecule has 2 aliphatic heterocycles. The van der Waals surface area contributed by atoms with E-state index in [1.165, 1.54) is 25.0 Å². The highest BCUT2D eigenvalue weighted by molar-refractivity contribution is 5.96. The molecule has 2 heterocycles. The van der Waals surface area contributed by atoms with Crippen molar-refractivity contribution in [2.45, 2.75) is 38.8 Å². The fourth-order valence-corrected chi connectivity index (χ4v) is 4.25. The lowest BCUT2D eigenvalue weighted by Crippen LogP contribution is -2.28. The van der Waals surface area contributed by atoms with Gasteiger partial charge in [-0.2, -0.15) is 0 Å². The fraction of sp³-hybridized carbons (Fsp3) is 0.458. The number of halogens is 1. The lowest BCUT2D eigenvalue weighted by Gasteiger charge is -2.22. The predicted octanol–water partition coefficient (Wildman–Crippen LogP) is 4.18. The third kappa shape index (κ3) is 5.43. The summed E-state index contributed by atoms with van der Waals surface area (Å²) in [4.78, 5) is 15.0. The van der Waals surface area contributed by atoms with Crippen molar-refractivity contribution in [2.75, 3.05) is 26.2 Å². The van der Waals surface area contributed by atoms with Crippen LogP contribution in [0.1, 0.15) is 47.2 Å². The summed E-state index contributed by atoms with van der Waals surface area (Å²) in [6, 6.07) is 12.5. The average molecular weight is 397 g/mol. The molecule has 29 heavy (non-hydrogen) atoms. The standard InChI is InChI=1S/C24H29FN2O2/c25-22-5-1-19(2-6-22)16-27-13-14-29-24-8-4-20(15-21(24)17-27)23(28)7-3-18-9-11-26-12-10-18/h1-2,4-6,8,15,18,26H,3,7,9-14,16-17H2. The normalized spacial score (nSPS) is 18.0. The molecular weight excluding hydrogens is 367 g/mol. The van der Waals surface area contributed by atoms with Gasteiger partial charge in [-0.1, -0.05) is 12.1 Å². The van der Waals surface area contributed by atoms with Crippen molar-refractivity contribution < 1.29 is 13.9 Å². The second kappa shape index (κ2) is 9.51. The Bertz CT molecular complexity index is 831. The van der Waals surface area contributed by atoms with Crippen LogP contribution < -0.4 is 10.1 Å². The number of hydrogen-bond acceptors (Lipinski definition) is 4. The Morgan fingerprint density at radius 1 is 1.14 bits per heavy atom. The molecule has 0 unspecified atom stereocenters. The molecule has 4 rings (SSSR count). The zero-order chi connectivity index (χ0) is 20.1. The van der Waals surface area contributed by atoms with Gasteiger partial charge in [-0.25, -0.2) is 4.39 Å². The summed E-state index contributed by atoms with van der Waals surface area (Å²) in [5.41, 5.74) is 2.91. The van der Waals surface area contributed by atoms with E-state index in [-0.39, 0.29) is 11.6 Å². The van der Waals surface area contributed by atoms with Gasteiger partial charge >= 0.3 is 0 Å². The van der Waals surface area contributed by atoms with Gasteiger partial charge in [0, 0.05) is 37.2 Å². The van der Waals surface area contributed by atoms with E-state index in [1.807, 2.05) is 30.3 Å². The number of hydrogen-bond donors (Lipinski definition) is 1. The summed E-state index contributed by atoms with van der Waals surface area (Å²) in [6.07, 6.45) is 3.93. The van der Waals surface area contributed by atoms with Crippen LogP contribution in [0, 0.1) is 11.7 Å². The number of ketones is 1. The number of rotatable bonds is 6. The van der Waals surface area contributed by atoms with Gasteiger partial charge in [0.05, 0.1) is 0 Å². The maximum atomic E-state index is 13.2. The number of nitrogens with one attached hydrogen (secondary N) is 1. The molecule has 0 amide bonds. The smallest absolute Gasteiger partial charge is 0.162 e. The van der Waals surface area contributed by atoms with Crippen molar-refractivity contribution in [1.82, 2.24) is 10.2 Å². The number of carbonyl (C=O) groups excluding carboxylic acids is 1. The average Bonchev–Trinajstić information content (AvgIpc) is 2.95. The first-order chi connectivity index (χ1) is 14.2. The topological polar surface area (TPSA) is 41.6 Å². The highest BCUT2D eigenvalue weighted by atomic mass is 19.1. The van der Waals surface area contributed by atoms with Crippen molar-refractivity contribution in [2.24, 2.45) is 5.92 Å². The Kier molecular flexibility index (Phi) is 6.57. The number of carbonyl (C=O) groups is 1. The first kappa shape index (κ1) is 20.0. The van der Waals surface area contributed by atoms with Gasteiger partial charge in [0.1, 0.15) is 18.2 Å². The predicted molar refractivity (Wildman–Crippen MR) is 112 cm³/mol. The molecule has 0 spiro atoms. The molecule has 0 bridgehead atoms. The van der Waals surface area contributed by atoms with E-state index in [4.69, 9.17) is 4.74 Å². The van der Waals surface area contributed by atoms with E-state index < -0.39 is 0 Å². The molecule has 2 aliphatic rings. The number of piperidine rings is 1. The van der Waals surface area contributed by atoms with Crippen LogP contribution in [0.2, 0.25) is 0 Å². The van der Waals surface area contributed by atoms with Crippen LogP contribution in [0.5, 0.6) is 5.75 Å². The third-order valence-electron chi connectivity index (χ3n) is 6.00. The number of Topliss-reactive ketones (excluding diaryl/α,β-unsaturated/α-hetero) is 1. The quantitative estimate of drug-likeness (QED) is 0.744. The van der Waals surface area contributed by atoms with Gasteiger partial charge in [-0.3, -0.25) is 9.69 Å². The Balaban J connectivity index is 1.40. The zero-order valence-corrected chi connectivity index (χ0v) is 16.8. The van der Waals surface area contributed by atoms with E-state index in [0.29, 0.717) is 18.9 Å². The minimum absolute atomic E-state index is 0.217. The summed E-state index contributed by atoms with van der Waals surface area (Å²) in [5.74, 6) is 1.53. The van der Waals surface area contributed by atoms with Crippen LogP contribution in [-0.4, -0.2) is 36.9 Å². The monoisotopic (exact) mass is 396 g/mol. The summed E-state index contributed by atoms with van der Waals surface area (Å²) in [5, 5.41) is 3.38. The van der Waals surface area contributed by atoms with E-state index in [0.717, 1.165) is 61.6 Å². The SMILES string of the molecule is O=C(CCC1CCNCC1)c1ccc2c(c1)CN(Cc1ccc(F)cc1)CCO2. The lowest BCUT2D eigenvalue weighted by atomic mass is 9.91. The van der Waals surface area contributed by atoms with Crippen molar-refractivity contribution in [3.63, 3.8) is 0 Å². The third-order valence-corrected chi connectivity index (χ3v) is 6.00. The van der Waals surface area contributed by atoms with Crippen molar-refractivity contribution in [3.05, 3.63) is 65.0 Å². The van der Waals surface area contributed by atoms with E-state index in [1.54, 1.807) is 0 Å². The van der Waals surface area contributed by atoms with Gasteiger partial charge in [0.15, 0.2) is 5.78 Å². The second-order valence-corrected chi connectivity index (χ2v) is 8.16. The summed E-state index contributed by atoms with van der Waals surface area (Å²) >= 11 is 0. The van der Waals surface area contributed by atoms with Crippen LogP contribution in [-0.2, 0) is 13.1 Å². The van der Waals surface area contributed by atoms with Crippen LogP contribution in [0.3, 0.4) is 0 Å². The Morgan fingerprint density at radius 2 is 1.93 bits per heavy atom. The van der Waals surface area contributed by atoms with Gasteiger partial charge in [-0.15, -0.1) is 0 Å². The van der Waals surface area contributed by atoms with E-state index >= 15 is 0 Å². The summed E-state index contributed by atoms with van der Waals surface area (Å²) in [7, 11) is 0. The van der Waals surface area contributed by atoms with E-state index in [9.17, 15) is 9.18 Å². The van der Waals surface area contributed by atoms with Crippen LogP contribution in [0.15, 0.2) is 42.5 Å². The van der Waals surface area contributed by atoms with Gasteiger partial charge in [0.2, 0.25) is 0 Å². The molecule has 0 saturated carbocycles. The molecule has 0 aliphatic carbocycles. The minimum Gasteiger partial charge on any atom is -0.492 e. The summed E-state index contributed by atoms with van der Waals surface area (Å²) < 4.78 is 19.1. The van der Waals surface area contributed by atoms with Crippen molar-refractivity contribution in [3.8, 4) is 5.75 Å². The Morgan fingerprint density at radius 3 is 2.72 bits per heavy atom. The number of nitrogens with zero attached hydrogens (tertiary/aromatic N) is 1. The van der Waals surface area contributed by atoms with Crippen LogP contribution in [0.4, 0.5) is 4.39 Å². The Hall–Kier alpha value is -2.24.